The van der Waals surface area contributed by atoms with Crippen LogP contribution in [0.4, 0.5) is 5.69 Å². The minimum Gasteiger partial charge on any atom is -0.374 e. The van der Waals surface area contributed by atoms with E-state index >= 15 is 0 Å². The molecule has 0 aliphatic carbocycles. The van der Waals surface area contributed by atoms with E-state index < -0.39 is 0 Å². The van der Waals surface area contributed by atoms with Gasteiger partial charge < -0.3 is 15.1 Å². The first kappa shape index (κ1) is 15.8. The average Bonchev–Trinajstić information content (AvgIpc) is 2.44. The van der Waals surface area contributed by atoms with Gasteiger partial charge >= 0.3 is 0 Å². The molecule has 1 N–H and O–H groups in total. The molecule has 1 aliphatic heterocycles. The van der Waals surface area contributed by atoms with E-state index in [0.29, 0.717) is 0 Å². The molecule has 4 heteroatoms. The van der Waals surface area contributed by atoms with Crippen LogP contribution in [0.2, 0.25) is 0 Å². The Hall–Kier alpha value is -0.580. The van der Waals surface area contributed by atoms with Crippen molar-refractivity contribution in [1.82, 2.24) is 10.2 Å². The van der Waals surface area contributed by atoms with Crippen molar-refractivity contribution in [3.63, 3.8) is 0 Å². The fourth-order valence-corrected chi connectivity index (χ4v) is 3.35. The Morgan fingerprint density at radius 2 is 2.05 bits per heavy atom. The van der Waals surface area contributed by atoms with Gasteiger partial charge in [0.15, 0.2) is 0 Å². The Bertz CT molecular complexity index is 428. The predicted octanol–water partition coefficient (Wildman–Crippen LogP) is 2.95. The van der Waals surface area contributed by atoms with Crippen molar-refractivity contribution < 1.29 is 0 Å². The van der Waals surface area contributed by atoms with Crippen LogP contribution >= 0.6 is 15.9 Å². The van der Waals surface area contributed by atoms with Crippen LogP contribution in [-0.2, 0) is 6.54 Å². The number of hydrogen-bond acceptors (Lipinski definition) is 3. The number of rotatable bonds is 5. The number of halogens is 1. The Morgan fingerprint density at radius 1 is 1.35 bits per heavy atom. The van der Waals surface area contributed by atoms with Crippen LogP contribution in [0.3, 0.4) is 0 Å². The summed E-state index contributed by atoms with van der Waals surface area (Å²) in [5, 5.41) is 3.20. The van der Waals surface area contributed by atoms with Crippen LogP contribution in [0.25, 0.3) is 0 Å². The van der Waals surface area contributed by atoms with Gasteiger partial charge in [0.05, 0.1) is 0 Å². The van der Waals surface area contributed by atoms with Gasteiger partial charge in [0.1, 0.15) is 0 Å². The Kier molecular flexibility index (Phi) is 5.87. The number of anilines is 1. The summed E-state index contributed by atoms with van der Waals surface area (Å²) in [5.41, 5.74) is 2.61. The Balaban J connectivity index is 1.95. The van der Waals surface area contributed by atoms with E-state index in [9.17, 15) is 0 Å². The summed E-state index contributed by atoms with van der Waals surface area (Å²) in [6.07, 6.45) is 2.64. The highest BCUT2D eigenvalue weighted by Gasteiger charge is 2.18. The zero-order valence-corrected chi connectivity index (χ0v) is 14.4. The third kappa shape index (κ3) is 4.21. The summed E-state index contributed by atoms with van der Waals surface area (Å²) in [4.78, 5) is 4.82. The molecule has 0 unspecified atom stereocenters. The lowest BCUT2D eigenvalue weighted by Crippen LogP contribution is -2.35. The van der Waals surface area contributed by atoms with E-state index in [1.54, 1.807) is 0 Å². The van der Waals surface area contributed by atoms with Crippen LogP contribution in [-0.4, -0.2) is 45.7 Å². The molecular formula is C16H26BrN3. The zero-order valence-electron chi connectivity index (χ0n) is 12.8. The number of piperidine rings is 1. The molecule has 3 nitrogen and oxygen atoms in total. The highest BCUT2D eigenvalue weighted by atomic mass is 79.9. The third-order valence-electron chi connectivity index (χ3n) is 4.21. The van der Waals surface area contributed by atoms with Crippen molar-refractivity contribution in [3.8, 4) is 0 Å². The van der Waals surface area contributed by atoms with E-state index in [2.05, 4.69) is 63.3 Å². The number of nitrogens with one attached hydrogen (secondary N) is 1. The van der Waals surface area contributed by atoms with E-state index in [0.717, 1.165) is 19.0 Å². The lowest BCUT2D eigenvalue weighted by Gasteiger charge is -2.32. The summed E-state index contributed by atoms with van der Waals surface area (Å²) < 4.78 is 1.19. The van der Waals surface area contributed by atoms with Crippen molar-refractivity contribution in [3.05, 3.63) is 28.2 Å². The zero-order chi connectivity index (χ0) is 14.5. The molecule has 1 aliphatic rings. The standard InChI is InChI=1S/C16H26BrN3/c1-18-11-14-4-5-15(10-16(14)17)20(3)12-13-6-8-19(2)9-7-13/h4-5,10,13,18H,6-9,11-12H2,1-3H3. The molecule has 0 atom stereocenters. The molecule has 20 heavy (non-hydrogen) atoms. The summed E-state index contributed by atoms with van der Waals surface area (Å²) in [6.45, 7) is 4.54. The maximum Gasteiger partial charge on any atom is 0.0375 e. The van der Waals surface area contributed by atoms with Crippen LogP contribution < -0.4 is 10.2 Å². The molecule has 112 valence electrons. The van der Waals surface area contributed by atoms with E-state index in [1.165, 1.54) is 41.7 Å². The van der Waals surface area contributed by atoms with Gasteiger partial charge in [-0.2, -0.15) is 0 Å². The first-order chi connectivity index (χ1) is 9.60. The fourth-order valence-electron chi connectivity index (χ4n) is 2.84. The summed E-state index contributed by atoms with van der Waals surface area (Å²) in [7, 11) is 6.40. The molecule has 1 saturated heterocycles. The second kappa shape index (κ2) is 7.43. The van der Waals surface area contributed by atoms with Crippen molar-refractivity contribution in [2.75, 3.05) is 45.7 Å². The maximum atomic E-state index is 3.68. The van der Waals surface area contributed by atoms with Crippen molar-refractivity contribution in [2.24, 2.45) is 5.92 Å². The molecule has 1 heterocycles. The maximum absolute atomic E-state index is 3.68. The molecule has 1 fully saturated rings. The van der Waals surface area contributed by atoms with Gasteiger partial charge in [0, 0.05) is 30.3 Å². The van der Waals surface area contributed by atoms with Crippen LogP contribution in [0.15, 0.2) is 22.7 Å². The Morgan fingerprint density at radius 3 is 2.65 bits per heavy atom. The lowest BCUT2D eigenvalue weighted by molar-refractivity contribution is 0.222. The largest absolute Gasteiger partial charge is 0.374 e. The fraction of sp³-hybridized carbons (Fsp3) is 0.625. The smallest absolute Gasteiger partial charge is 0.0375 e. The summed E-state index contributed by atoms with van der Waals surface area (Å²) in [6, 6.07) is 6.68. The molecule has 0 amide bonds. The lowest BCUT2D eigenvalue weighted by atomic mass is 9.96. The van der Waals surface area contributed by atoms with Crippen molar-refractivity contribution in [2.45, 2.75) is 19.4 Å². The van der Waals surface area contributed by atoms with Crippen LogP contribution in [0.1, 0.15) is 18.4 Å². The Labute approximate surface area is 131 Å². The average molecular weight is 340 g/mol. The summed E-state index contributed by atoms with van der Waals surface area (Å²) >= 11 is 3.68. The topological polar surface area (TPSA) is 18.5 Å². The molecule has 0 spiro atoms. The summed E-state index contributed by atoms with van der Waals surface area (Å²) in [5.74, 6) is 0.826. The third-order valence-corrected chi connectivity index (χ3v) is 4.95. The van der Waals surface area contributed by atoms with Gasteiger partial charge in [-0.1, -0.05) is 22.0 Å². The molecular weight excluding hydrogens is 314 g/mol. The SMILES string of the molecule is CNCc1ccc(N(C)CC2CCN(C)CC2)cc1Br. The minimum absolute atomic E-state index is 0.826. The van der Waals surface area contributed by atoms with E-state index in [1.807, 2.05) is 7.05 Å². The number of hydrogen-bond donors (Lipinski definition) is 1. The molecule has 2 rings (SSSR count). The second-order valence-corrected chi connectivity index (χ2v) is 6.79. The van der Waals surface area contributed by atoms with Gasteiger partial charge in [-0.25, -0.2) is 0 Å². The monoisotopic (exact) mass is 339 g/mol. The number of benzene rings is 1. The molecule has 1 aromatic rings. The first-order valence-electron chi connectivity index (χ1n) is 7.43. The van der Waals surface area contributed by atoms with Gasteiger partial charge in [0.2, 0.25) is 0 Å². The van der Waals surface area contributed by atoms with E-state index in [-0.39, 0.29) is 0 Å². The van der Waals surface area contributed by atoms with Crippen molar-refractivity contribution >= 4 is 21.6 Å². The second-order valence-electron chi connectivity index (χ2n) is 5.93. The minimum atomic E-state index is 0.826. The molecule has 0 bridgehead atoms. The van der Waals surface area contributed by atoms with Gasteiger partial charge in [-0.3, -0.25) is 0 Å². The van der Waals surface area contributed by atoms with Crippen molar-refractivity contribution in [1.29, 1.82) is 0 Å². The quantitative estimate of drug-likeness (QED) is 0.889. The molecule has 1 aromatic carbocycles. The first-order valence-corrected chi connectivity index (χ1v) is 8.22. The highest BCUT2D eigenvalue weighted by Crippen LogP contribution is 2.25. The van der Waals surface area contributed by atoms with Gasteiger partial charge in [-0.05, 0) is 63.6 Å². The number of likely N-dealkylation sites (tertiary alicyclic amines) is 1. The van der Waals surface area contributed by atoms with Crippen LogP contribution in [0.5, 0.6) is 0 Å². The van der Waals surface area contributed by atoms with Gasteiger partial charge in [-0.15, -0.1) is 0 Å². The molecule has 0 radical (unpaired) electrons. The predicted molar refractivity (Wildman–Crippen MR) is 90.4 cm³/mol. The van der Waals surface area contributed by atoms with Crippen LogP contribution in [0, 0.1) is 5.92 Å². The molecule has 0 saturated carbocycles. The van der Waals surface area contributed by atoms with Gasteiger partial charge in [0.25, 0.3) is 0 Å². The normalized spacial score (nSPS) is 17.4. The molecule has 0 aromatic heterocycles. The van der Waals surface area contributed by atoms with E-state index in [4.69, 9.17) is 0 Å². The number of nitrogens with zero attached hydrogens (tertiary/aromatic N) is 2. The highest BCUT2D eigenvalue weighted by molar-refractivity contribution is 9.10.